The third kappa shape index (κ3) is 3.55. The van der Waals surface area contributed by atoms with E-state index in [1.807, 2.05) is 18.2 Å². The van der Waals surface area contributed by atoms with Gasteiger partial charge >= 0.3 is 0 Å². The minimum absolute atomic E-state index is 0.0311. The van der Waals surface area contributed by atoms with Crippen LogP contribution in [0.3, 0.4) is 0 Å². The number of nitrogens with zero attached hydrogens (tertiary/aromatic N) is 4. The zero-order chi connectivity index (χ0) is 20.0. The van der Waals surface area contributed by atoms with Gasteiger partial charge in [-0.1, -0.05) is 6.92 Å². The highest BCUT2D eigenvalue weighted by molar-refractivity contribution is 5.93. The summed E-state index contributed by atoms with van der Waals surface area (Å²) in [6, 6.07) is 8.13. The molecule has 1 N–H and O–H groups in total. The van der Waals surface area contributed by atoms with E-state index in [2.05, 4.69) is 51.9 Å². The van der Waals surface area contributed by atoms with Crippen LogP contribution in [0.15, 0.2) is 30.6 Å². The minimum atomic E-state index is 0.0311. The molecule has 152 valence electrons. The van der Waals surface area contributed by atoms with Crippen LogP contribution in [0.1, 0.15) is 40.0 Å². The molecule has 1 saturated carbocycles. The first-order valence-corrected chi connectivity index (χ1v) is 10.5. The number of ether oxygens (including phenoxy) is 2. The summed E-state index contributed by atoms with van der Waals surface area (Å²) in [5.41, 5.74) is 2.64. The summed E-state index contributed by atoms with van der Waals surface area (Å²) in [6.07, 6.45) is 5.27. The number of nitrogens with one attached hydrogen (secondary N) is 1. The van der Waals surface area contributed by atoms with E-state index >= 15 is 0 Å². The van der Waals surface area contributed by atoms with Gasteiger partial charge < -0.3 is 14.4 Å². The quantitative estimate of drug-likeness (QED) is 0.707. The molecule has 0 spiro atoms. The molecule has 1 aliphatic heterocycles. The third-order valence-corrected chi connectivity index (χ3v) is 5.96. The van der Waals surface area contributed by atoms with Crippen molar-refractivity contribution in [2.75, 3.05) is 18.0 Å². The van der Waals surface area contributed by atoms with Gasteiger partial charge in [0.2, 0.25) is 0 Å². The first-order chi connectivity index (χ1) is 14.0. The Bertz CT molecular complexity index is 1020. The summed E-state index contributed by atoms with van der Waals surface area (Å²) in [5, 5.41) is 8.68. The molecule has 2 aromatic heterocycles. The molecule has 0 bridgehead atoms. The van der Waals surface area contributed by atoms with E-state index in [4.69, 9.17) is 9.47 Å². The second kappa shape index (κ2) is 6.99. The van der Waals surface area contributed by atoms with Crippen molar-refractivity contribution in [3.63, 3.8) is 0 Å². The van der Waals surface area contributed by atoms with Gasteiger partial charge in [0.25, 0.3) is 0 Å². The number of benzene rings is 1. The zero-order valence-corrected chi connectivity index (χ0v) is 17.2. The Hall–Kier alpha value is -2.67. The van der Waals surface area contributed by atoms with E-state index in [1.54, 1.807) is 6.33 Å². The fraction of sp³-hybridized carbons (Fsp3) is 0.500. The lowest BCUT2D eigenvalue weighted by atomic mass is 10.1. The summed E-state index contributed by atoms with van der Waals surface area (Å²) < 4.78 is 12.1. The smallest absolute Gasteiger partial charge is 0.132 e. The lowest BCUT2D eigenvalue weighted by molar-refractivity contribution is -0.00546. The number of fused-ring (bicyclic) bond motifs is 1. The number of aromatic amines is 1. The van der Waals surface area contributed by atoms with Crippen molar-refractivity contribution in [3.8, 4) is 17.1 Å². The Labute approximate surface area is 170 Å². The van der Waals surface area contributed by atoms with Crippen molar-refractivity contribution in [2.45, 2.75) is 57.8 Å². The van der Waals surface area contributed by atoms with E-state index in [9.17, 15) is 0 Å². The predicted octanol–water partition coefficient (Wildman–Crippen LogP) is 3.95. The highest BCUT2D eigenvalue weighted by Crippen LogP contribution is 2.43. The summed E-state index contributed by atoms with van der Waals surface area (Å²) in [7, 11) is 0. The number of rotatable bonds is 5. The lowest BCUT2D eigenvalue weighted by Gasteiger charge is -2.36. The first-order valence-electron chi connectivity index (χ1n) is 10.5. The minimum Gasteiger partial charge on any atom is -0.487 e. The first kappa shape index (κ1) is 18.4. The fourth-order valence-corrected chi connectivity index (χ4v) is 4.18. The SMILES string of the molecule is CCC1(Oc2ccc3[nH]nc(-c4cc(N5CC(C)OC(C)C5)ncn4)c3c2)CC1. The standard InChI is InChI=1S/C22H27N5O2/c1-4-22(7-8-22)29-16-5-6-18-17(9-16)21(26-25-18)19-10-20(24-13-23-19)27-11-14(2)28-15(3)12-27/h5-6,9-10,13-15H,4,7-8,11-12H2,1-3H3,(H,25,26). The summed E-state index contributed by atoms with van der Waals surface area (Å²) in [5.74, 6) is 1.80. The molecule has 2 unspecified atom stereocenters. The molecule has 0 radical (unpaired) electrons. The Kier molecular flexibility index (Phi) is 4.42. The van der Waals surface area contributed by atoms with Gasteiger partial charge in [0.1, 0.15) is 29.2 Å². The maximum absolute atomic E-state index is 6.28. The molecule has 1 saturated heterocycles. The summed E-state index contributed by atoms with van der Waals surface area (Å²) in [6.45, 7) is 8.01. The average molecular weight is 393 g/mol. The molecule has 0 amide bonds. The van der Waals surface area contributed by atoms with Crippen LogP contribution in [0.5, 0.6) is 5.75 Å². The molecule has 3 aromatic rings. The van der Waals surface area contributed by atoms with Crippen LogP contribution in [0.25, 0.3) is 22.3 Å². The van der Waals surface area contributed by atoms with Crippen LogP contribution in [0.4, 0.5) is 5.82 Å². The van der Waals surface area contributed by atoms with Crippen LogP contribution in [0.2, 0.25) is 0 Å². The van der Waals surface area contributed by atoms with Gasteiger partial charge in [0.15, 0.2) is 0 Å². The highest BCUT2D eigenvalue weighted by atomic mass is 16.5. The molecule has 2 aliphatic rings. The molecule has 5 rings (SSSR count). The zero-order valence-electron chi connectivity index (χ0n) is 17.2. The Balaban J connectivity index is 1.47. The van der Waals surface area contributed by atoms with Crippen molar-refractivity contribution < 1.29 is 9.47 Å². The fourth-order valence-electron chi connectivity index (χ4n) is 4.18. The van der Waals surface area contributed by atoms with Gasteiger partial charge in [-0.05, 0) is 51.3 Å². The van der Waals surface area contributed by atoms with E-state index in [-0.39, 0.29) is 17.8 Å². The van der Waals surface area contributed by atoms with Crippen LogP contribution in [-0.2, 0) is 4.74 Å². The number of hydrogen-bond donors (Lipinski definition) is 1. The monoisotopic (exact) mass is 393 g/mol. The number of morpholine rings is 1. The number of anilines is 1. The Morgan fingerprint density at radius 1 is 1.17 bits per heavy atom. The molecule has 1 aromatic carbocycles. The second-order valence-electron chi connectivity index (χ2n) is 8.34. The molecular weight excluding hydrogens is 366 g/mol. The van der Waals surface area contributed by atoms with Crippen LogP contribution < -0.4 is 9.64 Å². The number of aromatic nitrogens is 4. The molecule has 7 heteroatoms. The van der Waals surface area contributed by atoms with Gasteiger partial charge in [-0.3, -0.25) is 5.10 Å². The molecule has 3 heterocycles. The Morgan fingerprint density at radius 2 is 1.97 bits per heavy atom. The maximum Gasteiger partial charge on any atom is 0.132 e. The largest absolute Gasteiger partial charge is 0.487 e. The van der Waals surface area contributed by atoms with Gasteiger partial charge in [-0.25, -0.2) is 9.97 Å². The predicted molar refractivity (Wildman–Crippen MR) is 112 cm³/mol. The molecule has 7 nitrogen and oxygen atoms in total. The second-order valence-corrected chi connectivity index (χ2v) is 8.34. The van der Waals surface area contributed by atoms with E-state index in [0.29, 0.717) is 0 Å². The maximum atomic E-state index is 6.28. The average Bonchev–Trinajstić information content (AvgIpc) is 3.36. The molecule has 2 fully saturated rings. The molecule has 2 atom stereocenters. The Morgan fingerprint density at radius 3 is 2.69 bits per heavy atom. The number of H-pyrrole nitrogens is 1. The highest BCUT2D eigenvalue weighted by Gasteiger charge is 2.43. The van der Waals surface area contributed by atoms with Crippen molar-refractivity contribution in [3.05, 3.63) is 30.6 Å². The van der Waals surface area contributed by atoms with E-state index in [0.717, 1.165) is 66.2 Å². The van der Waals surface area contributed by atoms with Crippen molar-refractivity contribution in [2.24, 2.45) is 0 Å². The van der Waals surface area contributed by atoms with Crippen LogP contribution >= 0.6 is 0 Å². The topological polar surface area (TPSA) is 76.2 Å². The lowest BCUT2D eigenvalue weighted by Crippen LogP contribution is -2.45. The van der Waals surface area contributed by atoms with Crippen LogP contribution in [-0.4, -0.2) is 51.1 Å². The van der Waals surface area contributed by atoms with Gasteiger partial charge in [-0.2, -0.15) is 5.10 Å². The van der Waals surface area contributed by atoms with Crippen molar-refractivity contribution in [1.29, 1.82) is 0 Å². The number of hydrogen-bond acceptors (Lipinski definition) is 6. The normalized spacial score (nSPS) is 23.3. The molecule has 29 heavy (non-hydrogen) atoms. The van der Waals surface area contributed by atoms with Crippen LogP contribution in [0, 0.1) is 0 Å². The van der Waals surface area contributed by atoms with E-state index < -0.39 is 0 Å². The van der Waals surface area contributed by atoms with Gasteiger partial charge in [-0.15, -0.1) is 0 Å². The van der Waals surface area contributed by atoms with Crippen molar-refractivity contribution >= 4 is 16.7 Å². The van der Waals surface area contributed by atoms with Gasteiger partial charge in [0.05, 0.1) is 23.4 Å². The molecular formula is C22H27N5O2. The van der Waals surface area contributed by atoms with Gasteiger partial charge in [0, 0.05) is 24.5 Å². The third-order valence-electron chi connectivity index (χ3n) is 5.96. The van der Waals surface area contributed by atoms with Crippen molar-refractivity contribution in [1.82, 2.24) is 20.2 Å². The summed E-state index contributed by atoms with van der Waals surface area (Å²) >= 11 is 0. The van der Waals surface area contributed by atoms with E-state index in [1.165, 1.54) is 0 Å². The molecule has 1 aliphatic carbocycles. The summed E-state index contributed by atoms with van der Waals surface area (Å²) in [4.78, 5) is 11.3.